The lowest BCUT2D eigenvalue weighted by molar-refractivity contribution is 0.327. The van der Waals surface area contributed by atoms with Crippen LogP contribution in [-0.2, 0) is 6.54 Å². The van der Waals surface area contributed by atoms with E-state index in [2.05, 4.69) is 20.3 Å². The molecule has 0 aliphatic heterocycles. The molecule has 7 heteroatoms. The predicted octanol–water partition coefficient (Wildman–Crippen LogP) is 2.03. The number of nitrogens with two attached hydrogens (primary N) is 1. The minimum absolute atomic E-state index is 0.464. The third kappa shape index (κ3) is 3.47. The van der Waals surface area contributed by atoms with E-state index in [1.54, 1.807) is 6.20 Å². The Morgan fingerprint density at radius 3 is 2.95 bits per heavy atom. The standard InChI is InChI=1S/C15H22N6O/c1-2-22-15-12(16)14(19-13(20-15)11-4-5-11)18-6-3-8-21-9-7-17-10-21/h7,9-11H,2-6,8,16H2,1H3,(H,18,19,20). The molecule has 2 aromatic rings. The van der Waals surface area contributed by atoms with Gasteiger partial charge < -0.3 is 20.4 Å². The predicted molar refractivity (Wildman–Crippen MR) is 84.9 cm³/mol. The number of hydrogen-bond donors (Lipinski definition) is 2. The summed E-state index contributed by atoms with van der Waals surface area (Å²) in [5, 5.41) is 3.31. The zero-order valence-electron chi connectivity index (χ0n) is 12.8. The van der Waals surface area contributed by atoms with Gasteiger partial charge in [0.2, 0.25) is 5.88 Å². The lowest BCUT2D eigenvalue weighted by Crippen LogP contribution is -2.12. The molecule has 3 rings (SSSR count). The fourth-order valence-electron chi connectivity index (χ4n) is 2.26. The number of nitrogen functional groups attached to an aromatic ring is 1. The van der Waals surface area contributed by atoms with Crippen LogP contribution < -0.4 is 15.8 Å². The van der Waals surface area contributed by atoms with Gasteiger partial charge >= 0.3 is 0 Å². The maximum Gasteiger partial charge on any atom is 0.242 e. The van der Waals surface area contributed by atoms with Crippen LogP contribution in [0.1, 0.15) is 37.9 Å². The van der Waals surface area contributed by atoms with Crippen molar-refractivity contribution in [1.29, 1.82) is 0 Å². The lowest BCUT2D eigenvalue weighted by atomic mass is 10.3. The van der Waals surface area contributed by atoms with Crippen LogP contribution in [-0.4, -0.2) is 32.7 Å². The molecule has 0 aromatic carbocycles. The molecule has 0 radical (unpaired) electrons. The average Bonchev–Trinajstić information content (AvgIpc) is 3.24. The summed E-state index contributed by atoms with van der Waals surface area (Å²) in [5.41, 5.74) is 6.60. The van der Waals surface area contributed by atoms with E-state index in [9.17, 15) is 0 Å². The van der Waals surface area contributed by atoms with Gasteiger partial charge in [0, 0.05) is 31.4 Å². The number of rotatable bonds is 8. The summed E-state index contributed by atoms with van der Waals surface area (Å²) in [7, 11) is 0. The molecule has 0 atom stereocenters. The third-order valence-corrected chi connectivity index (χ3v) is 3.60. The van der Waals surface area contributed by atoms with Crippen LogP contribution in [0, 0.1) is 0 Å². The highest BCUT2D eigenvalue weighted by molar-refractivity contribution is 5.67. The Labute approximate surface area is 129 Å². The molecular weight excluding hydrogens is 280 g/mol. The zero-order chi connectivity index (χ0) is 15.4. The van der Waals surface area contributed by atoms with E-state index in [1.165, 1.54) is 0 Å². The molecular formula is C15H22N6O. The minimum atomic E-state index is 0.464. The molecule has 22 heavy (non-hydrogen) atoms. The van der Waals surface area contributed by atoms with Crippen LogP contribution >= 0.6 is 0 Å². The van der Waals surface area contributed by atoms with Crippen LogP contribution in [0.5, 0.6) is 5.88 Å². The van der Waals surface area contributed by atoms with E-state index in [4.69, 9.17) is 10.5 Å². The maximum absolute atomic E-state index is 6.11. The summed E-state index contributed by atoms with van der Waals surface area (Å²) >= 11 is 0. The number of imidazole rings is 1. The Morgan fingerprint density at radius 2 is 2.27 bits per heavy atom. The molecule has 1 fully saturated rings. The number of anilines is 2. The van der Waals surface area contributed by atoms with Gasteiger partial charge in [-0.15, -0.1) is 0 Å². The Hall–Kier alpha value is -2.31. The first-order chi connectivity index (χ1) is 10.8. The third-order valence-electron chi connectivity index (χ3n) is 3.60. The van der Waals surface area contributed by atoms with Crippen molar-refractivity contribution in [2.45, 2.75) is 38.6 Å². The van der Waals surface area contributed by atoms with E-state index in [-0.39, 0.29) is 0 Å². The van der Waals surface area contributed by atoms with E-state index in [0.717, 1.165) is 38.2 Å². The molecule has 0 unspecified atom stereocenters. The molecule has 2 heterocycles. The zero-order valence-corrected chi connectivity index (χ0v) is 12.8. The summed E-state index contributed by atoms with van der Waals surface area (Å²) in [6, 6.07) is 0. The van der Waals surface area contributed by atoms with E-state index < -0.39 is 0 Å². The van der Waals surface area contributed by atoms with Crippen molar-refractivity contribution < 1.29 is 4.74 Å². The van der Waals surface area contributed by atoms with Gasteiger partial charge in [-0.3, -0.25) is 0 Å². The summed E-state index contributed by atoms with van der Waals surface area (Å²) < 4.78 is 7.58. The van der Waals surface area contributed by atoms with Gasteiger partial charge in [0.05, 0.1) is 12.9 Å². The molecule has 2 aromatic heterocycles. The largest absolute Gasteiger partial charge is 0.476 e. The first-order valence-corrected chi connectivity index (χ1v) is 7.77. The first kappa shape index (κ1) is 14.6. The molecule has 118 valence electrons. The summed E-state index contributed by atoms with van der Waals surface area (Å²) in [6.07, 6.45) is 8.81. The Morgan fingerprint density at radius 1 is 1.41 bits per heavy atom. The Balaban J connectivity index is 1.63. The van der Waals surface area contributed by atoms with E-state index >= 15 is 0 Å². The molecule has 1 aliphatic rings. The molecule has 0 spiro atoms. The van der Waals surface area contributed by atoms with Gasteiger partial charge in [-0.2, -0.15) is 4.98 Å². The van der Waals surface area contributed by atoms with Crippen LogP contribution in [0.15, 0.2) is 18.7 Å². The molecule has 0 amide bonds. The fraction of sp³-hybridized carbons (Fsp3) is 0.533. The number of aryl methyl sites for hydroxylation is 1. The second-order valence-corrected chi connectivity index (χ2v) is 5.44. The quantitative estimate of drug-likeness (QED) is 0.725. The highest BCUT2D eigenvalue weighted by atomic mass is 16.5. The van der Waals surface area contributed by atoms with Gasteiger partial charge in [0.1, 0.15) is 11.5 Å². The topological polar surface area (TPSA) is 90.9 Å². The minimum Gasteiger partial charge on any atom is -0.476 e. The SMILES string of the molecule is CCOc1nc(C2CC2)nc(NCCCn2ccnc2)c1N. The van der Waals surface area contributed by atoms with Crippen LogP contribution in [0.4, 0.5) is 11.5 Å². The van der Waals surface area contributed by atoms with Crippen LogP contribution in [0.2, 0.25) is 0 Å². The lowest BCUT2D eigenvalue weighted by Gasteiger charge is -2.13. The highest BCUT2D eigenvalue weighted by Crippen LogP contribution is 2.40. The monoisotopic (exact) mass is 302 g/mol. The molecule has 0 saturated heterocycles. The highest BCUT2D eigenvalue weighted by Gasteiger charge is 2.28. The average molecular weight is 302 g/mol. The van der Waals surface area contributed by atoms with Crippen molar-refractivity contribution >= 4 is 11.5 Å². The second-order valence-electron chi connectivity index (χ2n) is 5.44. The molecule has 1 aliphatic carbocycles. The van der Waals surface area contributed by atoms with Crippen LogP contribution in [0.25, 0.3) is 0 Å². The van der Waals surface area contributed by atoms with Gasteiger partial charge in [0.15, 0.2) is 5.82 Å². The smallest absolute Gasteiger partial charge is 0.242 e. The van der Waals surface area contributed by atoms with Crippen molar-refractivity contribution in [2.24, 2.45) is 0 Å². The normalized spacial score (nSPS) is 14.0. The van der Waals surface area contributed by atoms with Crippen molar-refractivity contribution in [1.82, 2.24) is 19.5 Å². The van der Waals surface area contributed by atoms with Crippen LogP contribution in [0.3, 0.4) is 0 Å². The van der Waals surface area contributed by atoms with Crippen molar-refractivity contribution in [3.8, 4) is 5.88 Å². The Bertz CT molecular complexity index is 609. The second kappa shape index (κ2) is 6.64. The van der Waals surface area contributed by atoms with Crippen molar-refractivity contribution in [2.75, 3.05) is 24.2 Å². The first-order valence-electron chi connectivity index (χ1n) is 7.77. The van der Waals surface area contributed by atoms with Crippen molar-refractivity contribution in [3.05, 3.63) is 24.5 Å². The summed E-state index contributed by atoms with van der Waals surface area (Å²) in [6.45, 7) is 4.17. The van der Waals surface area contributed by atoms with Crippen molar-refractivity contribution in [3.63, 3.8) is 0 Å². The molecule has 1 saturated carbocycles. The fourth-order valence-corrected chi connectivity index (χ4v) is 2.26. The summed E-state index contributed by atoms with van der Waals surface area (Å²) in [5.74, 6) is 2.49. The molecule has 0 bridgehead atoms. The molecule has 7 nitrogen and oxygen atoms in total. The van der Waals surface area contributed by atoms with Gasteiger partial charge in [0.25, 0.3) is 0 Å². The van der Waals surface area contributed by atoms with E-state index in [0.29, 0.717) is 29.9 Å². The Kier molecular flexibility index (Phi) is 4.41. The van der Waals surface area contributed by atoms with E-state index in [1.807, 2.05) is 24.0 Å². The number of nitrogens with zero attached hydrogens (tertiary/aromatic N) is 4. The number of hydrogen-bond acceptors (Lipinski definition) is 6. The summed E-state index contributed by atoms with van der Waals surface area (Å²) in [4.78, 5) is 13.0. The maximum atomic E-state index is 6.11. The van der Waals surface area contributed by atoms with Gasteiger partial charge in [-0.25, -0.2) is 9.97 Å². The van der Waals surface area contributed by atoms with Gasteiger partial charge in [-0.05, 0) is 26.2 Å². The number of ether oxygens (including phenoxy) is 1. The van der Waals surface area contributed by atoms with Gasteiger partial charge in [-0.1, -0.05) is 0 Å². The number of aromatic nitrogens is 4. The molecule has 3 N–H and O–H groups in total. The number of nitrogens with one attached hydrogen (secondary N) is 1.